The van der Waals surface area contributed by atoms with Crippen molar-refractivity contribution in [1.82, 2.24) is 14.3 Å². The molecule has 2 aromatic rings. The molecule has 0 saturated carbocycles. The van der Waals surface area contributed by atoms with Crippen LogP contribution in [0.5, 0.6) is 0 Å². The summed E-state index contributed by atoms with van der Waals surface area (Å²) in [5.74, 6) is -0.135. The van der Waals surface area contributed by atoms with Gasteiger partial charge < -0.3 is 9.47 Å². The van der Waals surface area contributed by atoms with Crippen LogP contribution in [-0.2, 0) is 13.6 Å². The van der Waals surface area contributed by atoms with Gasteiger partial charge in [0.05, 0.1) is 17.6 Å². The van der Waals surface area contributed by atoms with E-state index < -0.39 is 0 Å². The van der Waals surface area contributed by atoms with Gasteiger partial charge in [-0.3, -0.25) is 9.59 Å². The second kappa shape index (κ2) is 5.73. The molecule has 0 amide bonds. The molecule has 0 aliphatic carbocycles. The Morgan fingerprint density at radius 2 is 2.20 bits per heavy atom. The monoisotopic (exact) mass is 274 g/mol. The molecule has 2 heterocycles. The zero-order valence-corrected chi connectivity index (χ0v) is 11.9. The maximum atomic E-state index is 12.1. The van der Waals surface area contributed by atoms with E-state index in [1.54, 1.807) is 36.1 Å². The Bertz CT molecular complexity index is 672. The predicted molar refractivity (Wildman–Crippen MR) is 77.2 cm³/mol. The Kier molecular flexibility index (Phi) is 4.02. The van der Waals surface area contributed by atoms with E-state index in [9.17, 15) is 9.59 Å². The highest BCUT2D eigenvalue weighted by molar-refractivity contribution is 5.94. The number of rotatable bonds is 5. The summed E-state index contributed by atoms with van der Waals surface area (Å²) in [5.41, 5.74) is 1.04. The molecule has 0 fully saturated rings. The smallest absolute Gasteiger partial charge is 0.269 e. The largest absolute Gasteiger partial charge is 0.373 e. The van der Waals surface area contributed by atoms with Gasteiger partial charge in [-0.2, -0.15) is 5.10 Å². The van der Waals surface area contributed by atoms with Gasteiger partial charge in [-0.25, -0.2) is 4.68 Å². The van der Waals surface area contributed by atoms with Crippen molar-refractivity contribution in [3.05, 3.63) is 46.6 Å². The van der Waals surface area contributed by atoms with Crippen LogP contribution in [-0.4, -0.2) is 33.7 Å². The van der Waals surface area contributed by atoms with Crippen molar-refractivity contribution in [2.45, 2.75) is 13.5 Å². The number of aryl methyl sites for hydroxylation is 1. The molecule has 106 valence electrons. The molecule has 0 unspecified atom stereocenters. The zero-order valence-electron chi connectivity index (χ0n) is 11.9. The number of aromatic nitrogens is 3. The van der Waals surface area contributed by atoms with Gasteiger partial charge in [0, 0.05) is 32.9 Å². The number of anilines is 1. The van der Waals surface area contributed by atoms with E-state index in [0.29, 0.717) is 5.69 Å². The average molecular weight is 274 g/mol. The highest BCUT2D eigenvalue weighted by Crippen LogP contribution is 2.06. The number of carbonyl (C=O) groups is 1. The quantitative estimate of drug-likeness (QED) is 0.761. The van der Waals surface area contributed by atoms with Crippen molar-refractivity contribution < 1.29 is 4.79 Å². The van der Waals surface area contributed by atoms with Crippen molar-refractivity contribution in [3.63, 3.8) is 0 Å². The second-order valence-corrected chi connectivity index (χ2v) is 4.65. The lowest BCUT2D eigenvalue weighted by molar-refractivity contribution is 0.0957. The molecule has 0 atom stereocenters. The van der Waals surface area contributed by atoms with Gasteiger partial charge in [-0.15, -0.1) is 0 Å². The third kappa shape index (κ3) is 2.79. The van der Waals surface area contributed by atoms with Gasteiger partial charge in [0.15, 0.2) is 0 Å². The summed E-state index contributed by atoms with van der Waals surface area (Å²) in [6, 6.07) is 5.02. The molecule has 0 bridgehead atoms. The average Bonchev–Trinajstić information content (AvgIpc) is 2.86. The summed E-state index contributed by atoms with van der Waals surface area (Å²) in [6.07, 6.45) is 3.39. The molecular formula is C14H18N4O2. The summed E-state index contributed by atoms with van der Waals surface area (Å²) < 4.78 is 2.91. The molecular weight excluding hydrogens is 256 g/mol. The summed E-state index contributed by atoms with van der Waals surface area (Å²) in [4.78, 5) is 26.0. The number of hydrogen-bond acceptors (Lipinski definition) is 4. The van der Waals surface area contributed by atoms with E-state index in [4.69, 9.17) is 0 Å². The fraction of sp³-hybridized carbons (Fsp3) is 0.357. The van der Waals surface area contributed by atoms with E-state index in [0.717, 1.165) is 12.2 Å². The van der Waals surface area contributed by atoms with Crippen LogP contribution in [0.3, 0.4) is 0 Å². The lowest BCUT2D eigenvalue weighted by Crippen LogP contribution is -2.28. The van der Waals surface area contributed by atoms with Gasteiger partial charge >= 0.3 is 0 Å². The first-order valence-corrected chi connectivity index (χ1v) is 6.45. The minimum absolute atomic E-state index is 0.0488. The first kappa shape index (κ1) is 14.0. The van der Waals surface area contributed by atoms with Crippen LogP contribution < -0.4 is 10.5 Å². The molecule has 0 saturated heterocycles. The van der Waals surface area contributed by atoms with Gasteiger partial charge in [-0.05, 0) is 19.1 Å². The Balaban J connectivity index is 2.21. The maximum absolute atomic E-state index is 12.1. The van der Waals surface area contributed by atoms with Crippen LogP contribution in [0.15, 0.2) is 35.4 Å². The van der Waals surface area contributed by atoms with Crippen LogP contribution in [0.25, 0.3) is 0 Å². The number of nitrogens with zero attached hydrogens (tertiary/aromatic N) is 4. The molecule has 20 heavy (non-hydrogen) atoms. The van der Waals surface area contributed by atoms with Crippen molar-refractivity contribution in [2.75, 3.05) is 18.5 Å². The van der Waals surface area contributed by atoms with Crippen molar-refractivity contribution in [2.24, 2.45) is 7.05 Å². The Hall–Kier alpha value is -2.37. The lowest BCUT2D eigenvalue weighted by Gasteiger charge is -2.16. The normalized spacial score (nSPS) is 10.6. The maximum Gasteiger partial charge on any atom is 0.269 e. The molecule has 0 radical (unpaired) electrons. The van der Waals surface area contributed by atoms with Crippen molar-refractivity contribution in [3.8, 4) is 0 Å². The van der Waals surface area contributed by atoms with E-state index in [-0.39, 0.29) is 17.9 Å². The topological polar surface area (TPSA) is 60.1 Å². The molecule has 2 rings (SSSR count). The molecule has 0 spiro atoms. The fourth-order valence-corrected chi connectivity index (χ4v) is 1.90. The summed E-state index contributed by atoms with van der Waals surface area (Å²) in [7, 11) is 3.68. The second-order valence-electron chi connectivity index (χ2n) is 4.65. The van der Waals surface area contributed by atoms with Crippen molar-refractivity contribution in [1.29, 1.82) is 0 Å². The Morgan fingerprint density at radius 1 is 1.45 bits per heavy atom. The van der Waals surface area contributed by atoms with Crippen LogP contribution in [0.2, 0.25) is 0 Å². The third-order valence-corrected chi connectivity index (χ3v) is 3.29. The molecule has 6 heteroatoms. The highest BCUT2D eigenvalue weighted by Gasteiger charge is 2.12. The summed E-state index contributed by atoms with van der Waals surface area (Å²) in [6.45, 7) is 2.73. The van der Waals surface area contributed by atoms with Gasteiger partial charge in [0.2, 0.25) is 5.78 Å². The van der Waals surface area contributed by atoms with Crippen LogP contribution >= 0.6 is 0 Å². The minimum Gasteiger partial charge on any atom is -0.373 e. The predicted octanol–water partition coefficient (Wildman–Crippen LogP) is 0.921. The number of hydrogen-bond donors (Lipinski definition) is 0. The third-order valence-electron chi connectivity index (χ3n) is 3.29. The molecule has 2 aromatic heterocycles. The number of carbonyl (C=O) groups excluding carboxylic acids is 1. The highest BCUT2D eigenvalue weighted by atomic mass is 16.1. The molecule has 0 N–H and O–H groups in total. The summed E-state index contributed by atoms with van der Waals surface area (Å²) in [5, 5.41) is 4.06. The fourth-order valence-electron chi connectivity index (χ4n) is 1.90. The first-order chi connectivity index (χ1) is 9.52. The van der Waals surface area contributed by atoms with Crippen LogP contribution in [0.1, 0.15) is 17.4 Å². The van der Waals surface area contributed by atoms with Crippen molar-refractivity contribution >= 4 is 11.5 Å². The zero-order chi connectivity index (χ0) is 14.7. The standard InChI is InChI=1S/C14H18N4O2/c1-4-16(2)11-8-14(20)18(15-9-11)10-13(19)12-6-5-7-17(12)3/h5-9H,4,10H2,1-3H3. The van der Waals surface area contributed by atoms with Gasteiger partial charge in [0.1, 0.15) is 6.54 Å². The Morgan fingerprint density at radius 3 is 2.75 bits per heavy atom. The molecule has 0 aliphatic rings. The Labute approximate surface area is 117 Å². The number of Topliss-reactive ketones (excluding diaryl/α,β-unsaturated/α-hetero) is 1. The van der Waals surface area contributed by atoms with Crippen LogP contribution in [0, 0.1) is 0 Å². The van der Waals surface area contributed by atoms with Gasteiger partial charge in [0.25, 0.3) is 5.56 Å². The minimum atomic E-state index is -0.273. The van der Waals surface area contributed by atoms with E-state index >= 15 is 0 Å². The number of ketones is 1. The lowest BCUT2D eigenvalue weighted by atomic mass is 10.3. The van der Waals surface area contributed by atoms with Gasteiger partial charge in [-0.1, -0.05) is 0 Å². The molecule has 6 nitrogen and oxygen atoms in total. The first-order valence-electron chi connectivity index (χ1n) is 6.45. The van der Waals surface area contributed by atoms with E-state index in [2.05, 4.69) is 5.10 Å². The summed E-state index contributed by atoms with van der Waals surface area (Å²) >= 11 is 0. The SMILES string of the molecule is CCN(C)c1cnn(CC(=O)c2cccn2C)c(=O)c1. The molecule has 0 aliphatic heterocycles. The van der Waals surface area contributed by atoms with E-state index in [1.807, 2.05) is 18.9 Å². The van der Waals surface area contributed by atoms with Crippen LogP contribution in [0.4, 0.5) is 5.69 Å². The molecule has 0 aromatic carbocycles. The van der Waals surface area contributed by atoms with E-state index in [1.165, 1.54) is 10.7 Å².